The molecule has 0 spiro atoms. The minimum atomic E-state index is -0.577. The van der Waals surface area contributed by atoms with E-state index in [0.717, 1.165) is 0 Å². The lowest BCUT2D eigenvalue weighted by Gasteiger charge is -2.06. The number of halogens is 2. The molecule has 0 N–H and O–H groups in total. The zero-order valence-electron chi connectivity index (χ0n) is 9.76. The van der Waals surface area contributed by atoms with E-state index in [0.29, 0.717) is 27.1 Å². The van der Waals surface area contributed by atoms with Gasteiger partial charge in [-0.05, 0) is 34.2 Å². The normalized spacial score (nSPS) is 10.3. The first kappa shape index (κ1) is 13.6. The van der Waals surface area contributed by atoms with Gasteiger partial charge in [0.15, 0.2) is 5.75 Å². The van der Waals surface area contributed by atoms with Crippen LogP contribution in [0.1, 0.15) is 0 Å². The van der Waals surface area contributed by atoms with Crippen LogP contribution in [-0.2, 0) is 0 Å². The second-order valence-corrected chi connectivity index (χ2v) is 4.45. The van der Waals surface area contributed by atoms with Gasteiger partial charge in [0.2, 0.25) is 5.69 Å². The maximum Gasteiger partial charge on any atom is 0.364 e. The molecule has 5 nitrogen and oxygen atoms in total. The van der Waals surface area contributed by atoms with Gasteiger partial charge in [0.25, 0.3) is 0 Å². The monoisotopic (exact) mass is 298 g/mol. The average Bonchev–Trinajstić information content (AvgIpc) is 2.38. The molecule has 0 bridgehead atoms. The van der Waals surface area contributed by atoms with Crippen LogP contribution in [-0.4, -0.2) is 17.0 Å². The van der Waals surface area contributed by atoms with Crippen LogP contribution in [0.2, 0.25) is 10.0 Å². The van der Waals surface area contributed by atoms with Gasteiger partial charge in [0.05, 0.1) is 12.1 Å². The Hall–Kier alpha value is -1.85. The summed E-state index contributed by atoms with van der Waals surface area (Å²) < 4.78 is 5.14. The van der Waals surface area contributed by atoms with Crippen molar-refractivity contribution < 1.29 is 9.66 Å². The Morgan fingerprint density at radius 2 is 2.00 bits per heavy atom. The summed E-state index contributed by atoms with van der Waals surface area (Å²) in [7, 11) is 1.45. The number of methoxy groups -OCH3 is 1. The first-order chi connectivity index (χ1) is 9.02. The van der Waals surface area contributed by atoms with Gasteiger partial charge in [-0.1, -0.05) is 23.2 Å². The summed E-state index contributed by atoms with van der Waals surface area (Å²) in [4.78, 5) is 14.1. The molecule has 0 saturated heterocycles. The highest BCUT2D eigenvalue weighted by atomic mass is 35.5. The summed E-state index contributed by atoms with van der Waals surface area (Å²) in [6.45, 7) is 0. The molecule has 0 saturated carbocycles. The lowest BCUT2D eigenvalue weighted by molar-refractivity contribution is -0.389. The summed E-state index contributed by atoms with van der Waals surface area (Å²) in [5.41, 5.74) is 0.824. The third-order valence-electron chi connectivity index (χ3n) is 2.44. The van der Waals surface area contributed by atoms with Crippen molar-refractivity contribution in [3.05, 3.63) is 50.5 Å². The van der Waals surface area contributed by atoms with Crippen LogP contribution in [0.5, 0.6) is 5.75 Å². The molecular weight excluding hydrogens is 291 g/mol. The Bertz CT molecular complexity index is 647. The number of hydrogen-bond acceptors (Lipinski definition) is 4. The predicted molar refractivity (Wildman–Crippen MR) is 72.9 cm³/mol. The lowest BCUT2D eigenvalue weighted by Crippen LogP contribution is -1.97. The van der Waals surface area contributed by atoms with Crippen molar-refractivity contribution in [3.8, 4) is 17.0 Å². The number of hydrogen-bond donors (Lipinski definition) is 0. The minimum Gasteiger partial charge on any atom is -0.492 e. The molecule has 0 aliphatic heterocycles. The molecule has 1 aromatic carbocycles. The van der Waals surface area contributed by atoms with E-state index in [2.05, 4.69) is 4.98 Å². The smallest absolute Gasteiger partial charge is 0.364 e. The van der Waals surface area contributed by atoms with Crippen LogP contribution in [0, 0.1) is 10.1 Å². The Labute approximate surface area is 118 Å². The highest BCUT2D eigenvalue weighted by Crippen LogP contribution is 2.35. The van der Waals surface area contributed by atoms with Crippen molar-refractivity contribution in [1.82, 2.24) is 4.98 Å². The fraction of sp³-hybridized carbons (Fsp3) is 0.0833. The molecule has 2 aromatic rings. The topological polar surface area (TPSA) is 65.3 Å². The van der Waals surface area contributed by atoms with Gasteiger partial charge in [0, 0.05) is 16.7 Å². The van der Waals surface area contributed by atoms with E-state index in [4.69, 9.17) is 27.9 Å². The first-order valence-electron chi connectivity index (χ1n) is 5.18. The number of rotatable bonds is 3. The minimum absolute atomic E-state index is 0.276. The van der Waals surface area contributed by atoms with E-state index in [1.807, 2.05) is 0 Å². The number of aromatic nitrogens is 1. The molecule has 0 unspecified atom stereocenters. The van der Waals surface area contributed by atoms with Crippen LogP contribution < -0.4 is 4.74 Å². The van der Waals surface area contributed by atoms with E-state index < -0.39 is 4.92 Å². The molecule has 1 heterocycles. The second kappa shape index (κ2) is 5.42. The van der Waals surface area contributed by atoms with Crippen LogP contribution in [0.15, 0.2) is 30.3 Å². The van der Waals surface area contributed by atoms with Crippen LogP contribution in [0.25, 0.3) is 11.3 Å². The summed E-state index contributed by atoms with van der Waals surface area (Å²) >= 11 is 11.9. The average molecular weight is 299 g/mol. The predicted octanol–water partition coefficient (Wildman–Crippen LogP) is 3.97. The first-order valence-corrected chi connectivity index (χ1v) is 5.93. The third kappa shape index (κ3) is 2.77. The number of ether oxygens (including phenoxy) is 1. The van der Waals surface area contributed by atoms with Gasteiger partial charge in [-0.2, -0.15) is 0 Å². The molecule has 0 fully saturated rings. The molecule has 0 aliphatic carbocycles. The Morgan fingerprint density at radius 1 is 1.26 bits per heavy atom. The fourth-order valence-corrected chi connectivity index (χ4v) is 2.07. The maximum atomic E-state index is 10.8. The highest BCUT2D eigenvalue weighted by molar-refractivity contribution is 6.36. The zero-order valence-corrected chi connectivity index (χ0v) is 11.3. The molecule has 0 radical (unpaired) electrons. The van der Waals surface area contributed by atoms with E-state index >= 15 is 0 Å². The lowest BCUT2D eigenvalue weighted by atomic mass is 10.1. The molecule has 2 rings (SSSR count). The molecule has 7 heteroatoms. The zero-order chi connectivity index (χ0) is 14.0. The van der Waals surface area contributed by atoms with Crippen molar-refractivity contribution in [2.24, 2.45) is 0 Å². The van der Waals surface area contributed by atoms with Gasteiger partial charge in [-0.15, -0.1) is 0 Å². The van der Waals surface area contributed by atoms with E-state index in [-0.39, 0.29) is 5.82 Å². The van der Waals surface area contributed by atoms with Crippen molar-refractivity contribution in [2.75, 3.05) is 7.11 Å². The SMILES string of the molecule is COc1ccc([N+](=O)[O-])nc1-c1ccc(Cl)cc1Cl. The van der Waals surface area contributed by atoms with Crippen molar-refractivity contribution in [3.63, 3.8) is 0 Å². The molecule has 0 atom stereocenters. The fourth-order valence-electron chi connectivity index (χ4n) is 1.58. The van der Waals surface area contributed by atoms with Crippen molar-refractivity contribution >= 4 is 29.0 Å². The molecule has 0 aliphatic rings. The third-order valence-corrected chi connectivity index (χ3v) is 2.98. The van der Waals surface area contributed by atoms with E-state index in [1.165, 1.54) is 19.2 Å². The molecule has 98 valence electrons. The standard InChI is InChI=1S/C12H8Cl2N2O3/c1-19-10-4-5-11(16(17)18)15-12(10)8-3-2-7(13)6-9(8)14/h2-6H,1H3. The van der Waals surface area contributed by atoms with Crippen LogP contribution >= 0.6 is 23.2 Å². The molecule has 1 aromatic heterocycles. The second-order valence-electron chi connectivity index (χ2n) is 3.60. The number of nitro groups is 1. The number of benzene rings is 1. The van der Waals surface area contributed by atoms with E-state index in [9.17, 15) is 10.1 Å². The summed E-state index contributed by atoms with van der Waals surface area (Å²) in [5.74, 6) is 0.122. The van der Waals surface area contributed by atoms with Gasteiger partial charge in [0.1, 0.15) is 0 Å². The van der Waals surface area contributed by atoms with Crippen molar-refractivity contribution in [2.45, 2.75) is 0 Å². The quantitative estimate of drug-likeness (QED) is 0.635. The van der Waals surface area contributed by atoms with Crippen LogP contribution in [0.3, 0.4) is 0 Å². The molecule has 19 heavy (non-hydrogen) atoms. The molecular formula is C12H8Cl2N2O3. The number of nitrogens with zero attached hydrogens (tertiary/aromatic N) is 2. The number of pyridine rings is 1. The van der Waals surface area contributed by atoms with Gasteiger partial charge < -0.3 is 14.9 Å². The summed E-state index contributed by atoms with van der Waals surface area (Å²) in [6.07, 6.45) is 0. The van der Waals surface area contributed by atoms with Crippen molar-refractivity contribution in [1.29, 1.82) is 0 Å². The van der Waals surface area contributed by atoms with Gasteiger partial charge >= 0.3 is 5.82 Å². The van der Waals surface area contributed by atoms with Gasteiger partial charge in [-0.25, -0.2) is 0 Å². The van der Waals surface area contributed by atoms with E-state index in [1.54, 1.807) is 18.2 Å². The largest absolute Gasteiger partial charge is 0.492 e. The van der Waals surface area contributed by atoms with Gasteiger partial charge in [-0.3, -0.25) is 0 Å². The Balaban J connectivity index is 2.64. The Kier molecular flexibility index (Phi) is 3.87. The van der Waals surface area contributed by atoms with Crippen LogP contribution in [0.4, 0.5) is 5.82 Å². The Morgan fingerprint density at radius 3 is 2.58 bits per heavy atom. The summed E-state index contributed by atoms with van der Waals surface area (Å²) in [6, 6.07) is 7.55. The summed E-state index contributed by atoms with van der Waals surface area (Å²) in [5, 5.41) is 11.6. The maximum absolute atomic E-state index is 10.8. The molecule has 0 amide bonds. The highest BCUT2D eigenvalue weighted by Gasteiger charge is 2.20.